The lowest BCUT2D eigenvalue weighted by molar-refractivity contribution is 0.0955. The van der Waals surface area contributed by atoms with Crippen molar-refractivity contribution in [3.05, 3.63) is 59.7 Å². The second-order valence-corrected chi connectivity index (χ2v) is 6.61. The third kappa shape index (κ3) is 5.10. The van der Waals surface area contributed by atoms with Gasteiger partial charge in [-0.1, -0.05) is 12.1 Å². The van der Waals surface area contributed by atoms with Gasteiger partial charge in [-0.2, -0.15) is 5.10 Å². The first-order chi connectivity index (χ1) is 13.7. The Kier molecular flexibility index (Phi) is 7.03. The number of hydrazone groups is 1. The van der Waals surface area contributed by atoms with Crippen molar-refractivity contribution < 1.29 is 9.53 Å². The number of rotatable bonds is 7. The lowest BCUT2D eigenvalue weighted by atomic mass is 10.2. The molecule has 0 saturated carbocycles. The number of morpholine rings is 1. The molecule has 0 bridgehead atoms. The normalized spacial score (nSPS) is 14.3. The number of carbonyl (C=O) groups excluding carboxylic acids is 1. The highest BCUT2D eigenvalue weighted by atomic mass is 16.5. The molecule has 0 unspecified atom stereocenters. The Morgan fingerprint density at radius 1 is 1.07 bits per heavy atom. The topological polar surface area (TPSA) is 57.2 Å². The van der Waals surface area contributed by atoms with Crippen molar-refractivity contribution in [1.82, 2.24) is 5.43 Å². The first-order valence-corrected chi connectivity index (χ1v) is 9.82. The molecule has 0 radical (unpaired) electrons. The molecule has 1 aliphatic heterocycles. The standard InChI is InChI=1S/C22H28N4O2/c1-3-25(4-2)20-11-7-19(8-12-20)22(27)24-23-17-18-5-9-21(10-6-18)26-13-15-28-16-14-26/h5-12,17H,3-4,13-16H2,1-2H3,(H,24,27). The molecule has 1 aliphatic rings. The molecular weight excluding hydrogens is 352 g/mol. The third-order valence-corrected chi connectivity index (χ3v) is 4.91. The van der Waals surface area contributed by atoms with E-state index in [1.807, 2.05) is 36.4 Å². The van der Waals surface area contributed by atoms with Crippen LogP contribution in [-0.4, -0.2) is 51.5 Å². The average molecular weight is 380 g/mol. The van der Waals surface area contributed by atoms with Crippen LogP contribution in [0.2, 0.25) is 0 Å². The van der Waals surface area contributed by atoms with Crippen LogP contribution >= 0.6 is 0 Å². The maximum absolute atomic E-state index is 12.3. The van der Waals surface area contributed by atoms with Crippen molar-refractivity contribution in [1.29, 1.82) is 0 Å². The fourth-order valence-electron chi connectivity index (χ4n) is 3.24. The van der Waals surface area contributed by atoms with Crippen molar-refractivity contribution in [3.8, 4) is 0 Å². The second-order valence-electron chi connectivity index (χ2n) is 6.61. The van der Waals surface area contributed by atoms with Crippen molar-refractivity contribution in [2.45, 2.75) is 13.8 Å². The summed E-state index contributed by atoms with van der Waals surface area (Å²) in [6.07, 6.45) is 1.66. The number of anilines is 2. The molecule has 0 aliphatic carbocycles. The third-order valence-electron chi connectivity index (χ3n) is 4.91. The molecule has 2 aromatic rings. The molecule has 148 valence electrons. The SMILES string of the molecule is CCN(CC)c1ccc(C(=O)NN=Cc2ccc(N3CCOCC3)cc2)cc1. The zero-order valence-electron chi connectivity index (χ0n) is 16.6. The molecule has 1 heterocycles. The monoisotopic (exact) mass is 380 g/mol. The summed E-state index contributed by atoms with van der Waals surface area (Å²) in [6, 6.07) is 15.7. The van der Waals surface area contributed by atoms with E-state index in [1.54, 1.807) is 6.21 Å². The highest BCUT2D eigenvalue weighted by molar-refractivity contribution is 5.95. The highest BCUT2D eigenvalue weighted by Gasteiger charge is 2.10. The summed E-state index contributed by atoms with van der Waals surface area (Å²) in [4.78, 5) is 16.8. The molecule has 6 heteroatoms. The number of ether oxygens (including phenoxy) is 1. The maximum Gasteiger partial charge on any atom is 0.271 e. The van der Waals surface area contributed by atoms with Crippen LogP contribution in [0.1, 0.15) is 29.8 Å². The molecule has 1 saturated heterocycles. The number of amides is 1. The van der Waals surface area contributed by atoms with Crippen LogP contribution < -0.4 is 15.2 Å². The van der Waals surface area contributed by atoms with Crippen molar-refractivity contribution in [2.24, 2.45) is 5.10 Å². The van der Waals surface area contributed by atoms with Gasteiger partial charge in [-0.25, -0.2) is 5.43 Å². The Bertz CT molecular complexity index is 777. The Balaban J connectivity index is 1.54. The Labute approximate surface area is 166 Å². The smallest absolute Gasteiger partial charge is 0.271 e. The van der Waals surface area contributed by atoms with Crippen LogP contribution in [0.4, 0.5) is 11.4 Å². The van der Waals surface area contributed by atoms with Gasteiger partial charge in [0.2, 0.25) is 0 Å². The summed E-state index contributed by atoms with van der Waals surface area (Å²) in [5.41, 5.74) is 6.42. The zero-order valence-corrected chi connectivity index (χ0v) is 16.6. The molecule has 0 aromatic heterocycles. The first kappa shape index (κ1) is 19.9. The van der Waals surface area contributed by atoms with E-state index in [1.165, 1.54) is 5.69 Å². The second kappa shape index (κ2) is 9.90. The largest absolute Gasteiger partial charge is 0.378 e. The Morgan fingerprint density at radius 3 is 2.32 bits per heavy atom. The molecule has 6 nitrogen and oxygen atoms in total. The fourth-order valence-corrected chi connectivity index (χ4v) is 3.24. The summed E-state index contributed by atoms with van der Waals surface area (Å²) < 4.78 is 5.38. The van der Waals surface area contributed by atoms with Gasteiger partial charge in [0.1, 0.15) is 0 Å². The summed E-state index contributed by atoms with van der Waals surface area (Å²) in [5, 5.41) is 4.08. The van der Waals surface area contributed by atoms with E-state index in [-0.39, 0.29) is 5.91 Å². The van der Waals surface area contributed by atoms with E-state index >= 15 is 0 Å². The van der Waals surface area contributed by atoms with Gasteiger partial charge < -0.3 is 14.5 Å². The van der Waals surface area contributed by atoms with E-state index in [0.717, 1.165) is 50.6 Å². The molecule has 3 rings (SSSR count). The van der Waals surface area contributed by atoms with Gasteiger partial charge in [-0.05, 0) is 55.8 Å². The predicted molar refractivity (Wildman–Crippen MR) is 115 cm³/mol. The molecule has 0 atom stereocenters. The van der Waals surface area contributed by atoms with Gasteiger partial charge >= 0.3 is 0 Å². The zero-order chi connectivity index (χ0) is 19.8. The lowest BCUT2D eigenvalue weighted by Crippen LogP contribution is -2.36. The summed E-state index contributed by atoms with van der Waals surface area (Å²) >= 11 is 0. The summed E-state index contributed by atoms with van der Waals surface area (Å²) in [7, 11) is 0. The molecule has 1 amide bonds. The number of hydrogen-bond acceptors (Lipinski definition) is 5. The molecule has 1 fully saturated rings. The van der Waals surface area contributed by atoms with E-state index < -0.39 is 0 Å². The van der Waals surface area contributed by atoms with Crippen molar-refractivity contribution in [3.63, 3.8) is 0 Å². The van der Waals surface area contributed by atoms with Crippen molar-refractivity contribution in [2.75, 3.05) is 49.2 Å². The average Bonchev–Trinajstić information content (AvgIpc) is 2.76. The number of benzene rings is 2. The van der Waals surface area contributed by atoms with Gasteiger partial charge in [-0.15, -0.1) is 0 Å². The summed E-state index contributed by atoms with van der Waals surface area (Å²) in [5.74, 6) is -0.215. The van der Waals surface area contributed by atoms with Crippen LogP contribution in [0.15, 0.2) is 53.6 Å². The lowest BCUT2D eigenvalue weighted by Gasteiger charge is -2.28. The molecule has 28 heavy (non-hydrogen) atoms. The number of carbonyl (C=O) groups is 1. The van der Waals surface area contributed by atoms with Crippen molar-refractivity contribution >= 4 is 23.5 Å². The first-order valence-electron chi connectivity index (χ1n) is 9.82. The quantitative estimate of drug-likeness (QED) is 0.592. The van der Waals surface area contributed by atoms with Crippen LogP contribution in [-0.2, 0) is 4.74 Å². The number of nitrogens with one attached hydrogen (secondary N) is 1. The predicted octanol–water partition coefficient (Wildman–Crippen LogP) is 3.13. The number of nitrogens with zero attached hydrogens (tertiary/aromatic N) is 3. The van der Waals surface area contributed by atoms with Gasteiger partial charge in [-0.3, -0.25) is 4.79 Å². The summed E-state index contributed by atoms with van der Waals surface area (Å²) in [6.45, 7) is 9.48. The van der Waals surface area contributed by atoms with Crippen LogP contribution in [0.5, 0.6) is 0 Å². The van der Waals surface area contributed by atoms with Gasteiger partial charge in [0, 0.05) is 43.1 Å². The van der Waals surface area contributed by atoms with Gasteiger partial charge in [0.05, 0.1) is 19.4 Å². The molecule has 0 spiro atoms. The van der Waals surface area contributed by atoms with E-state index in [4.69, 9.17) is 4.74 Å². The minimum Gasteiger partial charge on any atom is -0.378 e. The molecule has 2 aromatic carbocycles. The Hall–Kier alpha value is -2.86. The van der Waals surface area contributed by atoms with Gasteiger partial charge in [0.25, 0.3) is 5.91 Å². The fraction of sp³-hybridized carbons (Fsp3) is 0.364. The van der Waals surface area contributed by atoms with E-state index in [9.17, 15) is 4.79 Å². The minimum atomic E-state index is -0.215. The maximum atomic E-state index is 12.3. The highest BCUT2D eigenvalue weighted by Crippen LogP contribution is 2.16. The number of hydrogen-bond donors (Lipinski definition) is 1. The molecule has 1 N–H and O–H groups in total. The van der Waals surface area contributed by atoms with Crippen LogP contribution in [0.3, 0.4) is 0 Å². The van der Waals surface area contributed by atoms with Gasteiger partial charge in [0.15, 0.2) is 0 Å². The minimum absolute atomic E-state index is 0.215. The Morgan fingerprint density at radius 2 is 1.71 bits per heavy atom. The molecular formula is C22H28N4O2. The van der Waals surface area contributed by atoms with Crippen LogP contribution in [0.25, 0.3) is 0 Å². The van der Waals surface area contributed by atoms with E-state index in [2.05, 4.69) is 46.3 Å². The van der Waals surface area contributed by atoms with E-state index in [0.29, 0.717) is 5.56 Å². The van der Waals surface area contributed by atoms with Crippen LogP contribution in [0, 0.1) is 0 Å².